The summed E-state index contributed by atoms with van der Waals surface area (Å²) < 4.78 is 1.41. The van der Waals surface area contributed by atoms with Gasteiger partial charge < -0.3 is 10.4 Å². The van der Waals surface area contributed by atoms with Gasteiger partial charge in [-0.15, -0.1) is 11.3 Å². The van der Waals surface area contributed by atoms with E-state index in [1.54, 1.807) is 6.92 Å². The summed E-state index contributed by atoms with van der Waals surface area (Å²) in [5.74, 6) is -1.23. The van der Waals surface area contributed by atoms with Gasteiger partial charge in [-0.05, 0) is 45.4 Å². The molecule has 140 valence electrons. The molecule has 1 amide bonds. The molecule has 0 spiro atoms. The highest BCUT2D eigenvalue weighted by Gasteiger charge is 2.43. The van der Waals surface area contributed by atoms with Crippen molar-refractivity contribution in [2.75, 3.05) is 0 Å². The Labute approximate surface area is 155 Å². The Bertz CT molecular complexity index is 922. The van der Waals surface area contributed by atoms with Crippen LogP contribution in [0.1, 0.15) is 60.0 Å². The van der Waals surface area contributed by atoms with E-state index in [0.717, 1.165) is 29.8 Å². The first-order chi connectivity index (χ1) is 12.3. The first-order valence-corrected chi connectivity index (χ1v) is 9.64. The van der Waals surface area contributed by atoms with Gasteiger partial charge in [-0.25, -0.2) is 9.78 Å². The van der Waals surface area contributed by atoms with E-state index < -0.39 is 23.0 Å². The van der Waals surface area contributed by atoms with Crippen LogP contribution >= 0.6 is 11.3 Å². The summed E-state index contributed by atoms with van der Waals surface area (Å²) in [5.41, 5.74) is -1.15. The number of carbonyl (C=O) groups excluding carboxylic acids is 1. The van der Waals surface area contributed by atoms with Gasteiger partial charge in [-0.1, -0.05) is 13.3 Å². The molecule has 1 aliphatic rings. The van der Waals surface area contributed by atoms with Crippen molar-refractivity contribution < 1.29 is 14.7 Å². The second-order valence-electron chi connectivity index (χ2n) is 7.03. The van der Waals surface area contributed by atoms with Crippen molar-refractivity contribution in [3.63, 3.8) is 0 Å². The number of carbonyl (C=O) groups is 2. The van der Waals surface area contributed by atoms with Gasteiger partial charge in [0.2, 0.25) is 0 Å². The number of aryl methyl sites for hydroxylation is 2. The Morgan fingerprint density at radius 2 is 2.04 bits per heavy atom. The molecule has 0 bridgehead atoms. The second kappa shape index (κ2) is 6.83. The lowest BCUT2D eigenvalue weighted by molar-refractivity contribution is -0.146. The van der Waals surface area contributed by atoms with Gasteiger partial charge in [0.05, 0.1) is 0 Å². The molecule has 0 saturated heterocycles. The fourth-order valence-corrected chi connectivity index (χ4v) is 4.52. The maximum atomic E-state index is 12.7. The lowest BCUT2D eigenvalue weighted by Crippen LogP contribution is -2.57. The van der Waals surface area contributed by atoms with Crippen LogP contribution < -0.4 is 10.9 Å². The SMILES string of the molecule is CCC1CCC(NC(=O)c2cnc3sc(C)c(C)n3c2=O)(C(=O)O)CC1. The van der Waals surface area contributed by atoms with Gasteiger partial charge in [0.1, 0.15) is 11.1 Å². The number of fused-ring (bicyclic) bond motifs is 1. The maximum Gasteiger partial charge on any atom is 0.329 e. The third-order valence-corrected chi connectivity index (χ3v) is 6.63. The van der Waals surface area contributed by atoms with E-state index in [9.17, 15) is 19.5 Å². The molecule has 8 heteroatoms. The Hall–Kier alpha value is -2.22. The summed E-state index contributed by atoms with van der Waals surface area (Å²) >= 11 is 1.38. The first-order valence-electron chi connectivity index (χ1n) is 8.82. The highest BCUT2D eigenvalue weighted by molar-refractivity contribution is 7.17. The standard InChI is InChI=1S/C18H23N3O4S/c1-4-12-5-7-18(8-6-12,16(24)25)20-14(22)13-9-19-17-21(15(13)23)10(2)11(3)26-17/h9,12H,4-8H2,1-3H3,(H,20,22)(H,24,25). The van der Waals surface area contributed by atoms with E-state index in [2.05, 4.69) is 17.2 Å². The number of hydrogen-bond acceptors (Lipinski definition) is 5. The molecule has 2 N–H and O–H groups in total. The number of amides is 1. The van der Waals surface area contributed by atoms with Crippen molar-refractivity contribution in [1.29, 1.82) is 0 Å². The van der Waals surface area contributed by atoms with Gasteiger partial charge in [0.25, 0.3) is 11.5 Å². The lowest BCUT2D eigenvalue weighted by atomic mass is 9.75. The first kappa shape index (κ1) is 18.6. The minimum absolute atomic E-state index is 0.123. The molecule has 0 atom stereocenters. The number of rotatable bonds is 4. The Morgan fingerprint density at radius 3 is 2.62 bits per heavy atom. The van der Waals surface area contributed by atoms with Crippen LogP contribution in [0.15, 0.2) is 11.0 Å². The van der Waals surface area contributed by atoms with Crippen LogP contribution in [-0.2, 0) is 4.79 Å². The van der Waals surface area contributed by atoms with E-state index >= 15 is 0 Å². The summed E-state index contributed by atoms with van der Waals surface area (Å²) in [5, 5.41) is 12.4. The molecule has 3 rings (SSSR count). The molecule has 2 heterocycles. The number of carboxylic acid groups (broad SMARTS) is 1. The zero-order chi connectivity index (χ0) is 19.1. The van der Waals surface area contributed by atoms with Crippen LogP contribution in [0.2, 0.25) is 0 Å². The highest BCUT2D eigenvalue weighted by Crippen LogP contribution is 2.34. The highest BCUT2D eigenvalue weighted by atomic mass is 32.1. The second-order valence-corrected chi connectivity index (χ2v) is 8.21. The molecule has 1 fully saturated rings. The van der Waals surface area contributed by atoms with E-state index in [1.807, 2.05) is 6.92 Å². The maximum absolute atomic E-state index is 12.7. The molecular formula is C18H23N3O4S. The number of carboxylic acids is 1. The normalized spacial score (nSPS) is 23.1. The quantitative estimate of drug-likeness (QED) is 0.853. The zero-order valence-electron chi connectivity index (χ0n) is 15.2. The lowest BCUT2D eigenvalue weighted by Gasteiger charge is -2.37. The van der Waals surface area contributed by atoms with Gasteiger partial charge >= 0.3 is 5.97 Å². The molecule has 0 radical (unpaired) electrons. The minimum Gasteiger partial charge on any atom is -0.480 e. The summed E-state index contributed by atoms with van der Waals surface area (Å²) in [6.07, 6.45) is 4.50. The molecular weight excluding hydrogens is 354 g/mol. The Balaban J connectivity index is 1.93. The third kappa shape index (κ3) is 3.02. The van der Waals surface area contributed by atoms with Gasteiger partial charge in [0.15, 0.2) is 4.96 Å². The number of nitrogens with one attached hydrogen (secondary N) is 1. The summed E-state index contributed by atoms with van der Waals surface area (Å²) in [6, 6.07) is 0. The monoisotopic (exact) mass is 377 g/mol. The van der Waals surface area contributed by atoms with Crippen molar-refractivity contribution in [3.8, 4) is 0 Å². The zero-order valence-corrected chi connectivity index (χ0v) is 16.0. The van der Waals surface area contributed by atoms with E-state index in [1.165, 1.54) is 21.9 Å². The molecule has 2 aromatic heterocycles. The Morgan fingerprint density at radius 1 is 1.38 bits per heavy atom. The van der Waals surface area contributed by atoms with Gasteiger partial charge in [0, 0.05) is 16.8 Å². The minimum atomic E-state index is -1.31. The molecule has 26 heavy (non-hydrogen) atoms. The van der Waals surface area contributed by atoms with E-state index in [4.69, 9.17) is 0 Å². The molecule has 7 nitrogen and oxygen atoms in total. The Kier molecular flexibility index (Phi) is 4.88. The number of thiazole rings is 1. The van der Waals surface area contributed by atoms with Crippen molar-refractivity contribution in [3.05, 3.63) is 32.7 Å². The van der Waals surface area contributed by atoms with Crippen LogP contribution in [0.4, 0.5) is 0 Å². The molecule has 2 aromatic rings. The van der Waals surface area contributed by atoms with Crippen LogP contribution in [0.5, 0.6) is 0 Å². The number of nitrogens with zero attached hydrogens (tertiary/aromatic N) is 2. The van der Waals surface area contributed by atoms with Crippen molar-refractivity contribution in [1.82, 2.24) is 14.7 Å². The summed E-state index contributed by atoms with van der Waals surface area (Å²) in [7, 11) is 0. The topological polar surface area (TPSA) is 101 Å². The average molecular weight is 377 g/mol. The fraction of sp³-hybridized carbons (Fsp3) is 0.556. The molecule has 0 aliphatic heterocycles. The predicted molar refractivity (Wildman–Crippen MR) is 98.9 cm³/mol. The van der Waals surface area contributed by atoms with Crippen LogP contribution in [-0.4, -0.2) is 31.9 Å². The summed E-state index contributed by atoms with van der Waals surface area (Å²) in [4.78, 5) is 43.0. The number of aliphatic carboxylic acids is 1. The number of hydrogen-bond donors (Lipinski definition) is 2. The van der Waals surface area contributed by atoms with Crippen molar-refractivity contribution in [2.45, 2.75) is 58.4 Å². The fourth-order valence-electron chi connectivity index (χ4n) is 3.59. The summed E-state index contributed by atoms with van der Waals surface area (Å²) in [6.45, 7) is 5.78. The number of aromatic nitrogens is 2. The third-order valence-electron chi connectivity index (χ3n) is 5.56. The molecule has 0 unspecified atom stereocenters. The predicted octanol–water partition coefficient (Wildman–Crippen LogP) is 2.53. The van der Waals surface area contributed by atoms with E-state index in [0.29, 0.717) is 23.7 Å². The van der Waals surface area contributed by atoms with Crippen molar-refractivity contribution in [2.24, 2.45) is 5.92 Å². The van der Waals surface area contributed by atoms with Gasteiger partial charge in [-0.3, -0.25) is 14.0 Å². The van der Waals surface area contributed by atoms with Crippen molar-refractivity contribution >= 4 is 28.2 Å². The van der Waals surface area contributed by atoms with Crippen LogP contribution in [0.25, 0.3) is 4.96 Å². The molecule has 1 aliphatic carbocycles. The molecule has 0 aromatic carbocycles. The van der Waals surface area contributed by atoms with E-state index in [-0.39, 0.29) is 5.56 Å². The average Bonchev–Trinajstić information content (AvgIpc) is 2.90. The smallest absolute Gasteiger partial charge is 0.329 e. The largest absolute Gasteiger partial charge is 0.480 e. The van der Waals surface area contributed by atoms with Gasteiger partial charge in [-0.2, -0.15) is 0 Å². The van der Waals surface area contributed by atoms with Crippen LogP contribution in [0.3, 0.4) is 0 Å². The van der Waals surface area contributed by atoms with Crippen LogP contribution in [0, 0.1) is 19.8 Å². The molecule has 1 saturated carbocycles.